The van der Waals surface area contributed by atoms with E-state index in [0.29, 0.717) is 56.3 Å². The number of ether oxygens (including phenoxy) is 2. The van der Waals surface area contributed by atoms with Gasteiger partial charge in [0.15, 0.2) is 5.78 Å². The van der Waals surface area contributed by atoms with Crippen molar-refractivity contribution in [2.75, 3.05) is 26.3 Å². The van der Waals surface area contributed by atoms with Crippen LogP contribution in [0.15, 0.2) is 11.6 Å². The van der Waals surface area contributed by atoms with Crippen LogP contribution < -0.4 is 0 Å². The lowest BCUT2D eigenvalue weighted by Crippen LogP contribution is -2.69. The zero-order valence-electron chi connectivity index (χ0n) is 27.5. The Labute approximate surface area is 253 Å². The van der Waals surface area contributed by atoms with Crippen LogP contribution in [0.3, 0.4) is 0 Å². The minimum absolute atomic E-state index is 0.0353. The molecule has 0 bridgehead atoms. The number of allylic oxidation sites excluding steroid dienone is 2. The van der Waals surface area contributed by atoms with E-state index in [9.17, 15) is 14.4 Å². The van der Waals surface area contributed by atoms with E-state index in [1.165, 1.54) is 31.8 Å². The standard InChI is InChI=1S/C36H55NO5/c1-22-9-12-32(4)15-16-34(6)25(29(32)23(22)2)21-26(39)30-33(5)13-11-28(42-24(3)38)36(8,27(33)10-14-35(30,34)7)31(40)37-17-19-41-20-18-37/h21-23,27-30H,9-20H2,1-8H3/t22-,23+,27?,28-,29?,30?,32-,33+,34-,35-,36-/m1/s1. The van der Waals surface area contributed by atoms with Crippen molar-refractivity contribution in [3.05, 3.63) is 11.6 Å². The maximum absolute atomic E-state index is 14.7. The van der Waals surface area contributed by atoms with Gasteiger partial charge in [-0.2, -0.15) is 0 Å². The SMILES string of the molecule is CC(=O)O[C@@H]1CC[C@@]2(C)C(CC[C@]3(C)C2C(=O)C=C2C4[C@@H](C)[C@H](C)CC[C@]4(C)CC[C@]23C)[C@@]1(C)C(=O)N1CCOCC1. The van der Waals surface area contributed by atoms with E-state index in [1.54, 1.807) is 0 Å². The maximum Gasteiger partial charge on any atom is 0.302 e. The third-order valence-electron chi connectivity index (χ3n) is 14.8. The number of carbonyl (C=O) groups is 3. The van der Waals surface area contributed by atoms with Crippen molar-refractivity contribution in [3.8, 4) is 0 Å². The average Bonchev–Trinajstić information content (AvgIpc) is 2.94. The first-order valence-corrected chi connectivity index (χ1v) is 16.9. The molecule has 234 valence electrons. The monoisotopic (exact) mass is 581 g/mol. The number of ketones is 1. The molecule has 5 aliphatic carbocycles. The topological polar surface area (TPSA) is 72.9 Å². The van der Waals surface area contributed by atoms with Crippen LogP contribution in [0, 0.1) is 56.7 Å². The Morgan fingerprint density at radius 3 is 2.29 bits per heavy atom. The Bertz CT molecular complexity index is 1190. The number of amides is 1. The molecule has 6 heteroatoms. The summed E-state index contributed by atoms with van der Waals surface area (Å²) in [5, 5.41) is 0. The number of rotatable bonds is 2. The second-order valence-electron chi connectivity index (χ2n) is 16.6. The van der Waals surface area contributed by atoms with Crippen molar-refractivity contribution < 1.29 is 23.9 Å². The van der Waals surface area contributed by atoms with Gasteiger partial charge in [-0.15, -0.1) is 0 Å². The summed E-state index contributed by atoms with van der Waals surface area (Å²) < 4.78 is 11.6. The molecular weight excluding hydrogens is 526 g/mol. The highest BCUT2D eigenvalue weighted by molar-refractivity contribution is 5.96. The predicted octanol–water partition coefficient (Wildman–Crippen LogP) is 6.61. The van der Waals surface area contributed by atoms with E-state index in [4.69, 9.17) is 9.47 Å². The van der Waals surface area contributed by atoms with Crippen molar-refractivity contribution in [1.29, 1.82) is 0 Å². The van der Waals surface area contributed by atoms with Gasteiger partial charge in [-0.1, -0.05) is 47.1 Å². The molecule has 3 unspecified atom stereocenters. The zero-order valence-corrected chi connectivity index (χ0v) is 27.5. The number of fused-ring (bicyclic) bond motifs is 7. The fourth-order valence-electron chi connectivity index (χ4n) is 12.1. The van der Waals surface area contributed by atoms with E-state index in [2.05, 4.69) is 54.5 Å². The lowest BCUT2D eigenvalue weighted by molar-refractivity contribution is -0.219. The first-order chi connectivity index (χ1) is 19.6. The van der Waals surface area contributed by atoms with E-state index < -0.39 is 11.5 Å². The van der Waals surface area contributed by atoms with Crippen LogP contribution in [-0.2, 0) is 23.9 Å². The molecule has 42 heavy (non-hydrogen) atoms. The summed E-state index contributed by atoms with van der Waals surface area (Å²) in [7, 11) is 0. The van der Waals surface area contributed by atoms with Crippen LogP contribution in [0.2, 0.25) is 0 Å². The van der Waals surface area contributed by atoms with Crippen LogP contribution >= 0.6 is 0 Å². The minimum atomic E-state index is -0.874. The third kappa shape index (κ3) is 3.94. The molecule has 4 saturated carbocycles. The molecule has 0 N–H and O–H groups in total. The van der Waals surface area contributed by atoms with Gasteiger partial charge in [0.05, 0.1) is 18.6 Å². The zero-order chi connectivity index (χ0) is 30.5. The van der Waals surface area contributed by atoms with Crippen molar-refractivity contribution >= 4 is 17.7 Å². The highest BCUT2D eigenvalue weighted by Gasteiger charge is 2.72. The van der Waals surface area contributed by atoms with Gasteiger partial charge in [-0.3, -0.25) is 14.4 Å². The molecule has 1 heterocycles. The molecule has 6 aliphatic rings. The number of nitrogens with zero attached hydrogens (tertiary/aromatic N) is 1. The van der Waals surface area contributed by atoms with Gasteiger partial charge in [0.25, 0.3) is 0 Å². The Kier molecular flexibility index (Phi) is 7.16. The molecule has 0 aromatic heterocycles. The van der Waals surface area contributed by atoms with Gasteiger partial charge in [-0.25, -0.2) is 0 Å². The van der Waals surface area contributed by atoms with Gasteiger partial charge in [0.2, 0.25) is 5.91 Å². The number of hydrogen-bond acceptors (Lipinski definition) is 5. The van der Waals surface area contributed by atoms with Crippen molar-refractivity contribution in [1.82, 2.24) is 4.90 Å². The van der Waals surface area contributed by atoms with Gasteiger partial charge in [-0.05, 0) is 110 Å². The summed E-state index contributed by atoms with van der Waals surface area (Å²) in [4.78, 5) is 43.5. The normalized spacial score (nSPS) is 50.4. The smallest absolute Gasteiger partial charge is 0.302 e. The molecule has 1 aliphatic heterocycles. The molecule has 0 aromatic rings. The maximum atomic E-state index is 14.7. The van der Waals surface area contributed by atoms with Gasteiger partial charge in [0.1, 0.15) is 6.10 Å². The quantitative estimate of drug-likeness (QED) is 0.343. The summed E-state index contributed by atoms with van der Waals surface area (Å²) in [5.74, 6) is 1.54. The Morgan fingerprint density at radius 1 is 0.929 bits per heavy atom. The van der Waals surface area contributed by atoms with E-state index in [0.717, 1.165) is 25.7 Å². The Hall–Kier alpha value is -1.69. The van der Waals surface area contributed by atoms with Crippen molar-refractivity contribution in [2.24, 2.45) is 56.7 Å². The van der Waals surface area contributed by atoms with Crippen LogP contribution in [0.5, 0.6) is 0 Å². The molecule has 6 rings (SSSR count). The van der Waals surface area contributed by atoms with Gasteiger partial charge >= 0.3 is 5.97 Å². The molecule has 0 aromatic carbocycles. The molecular formula is C36H55NO5. The van der Waals surface area contributed by atoms with Crippen LogP contribution in [0.25, 0.3) is 0 Å². The molecule has 6 nitrogen and oxygen atoms in total. The number of carbonyl (C=O) groups excluding carboxylic acids is 3. The van der Waals surface area contributed by atoms with Crippen molar-refractivity contribution in [2.45, 2.75) is 113 Å². The summed E-state index contributed by atoms with van der Waals surface area (Å²) in [5.41, 5.74) is 0.287. The summed E-state index contributed by atoms with van der Waals surface area (Å²) in [6, 6.07) is 0. The fourth-order valence-corrected chi connectivity index (χ4v) is 12.1. The third-order valence-corrected chi connectivity index (χ3v) is 14.8. The lowest BCUT2D eigenvalue weighted by atomic mass is 9.33. The lowest BCUT2D eigenvalue weighted by Gasteiger charge is -2.70. The summed E-state index contributed by atoms with van der Waals surface area (Å²) >= 11 is 0. The molecule has 0 spiro atoms. The van der Waals surface area contributed by atoms with Crippen LogP contribution in [0.4, 0.5) is 0 Å². The molecule has 0 radical (unpaired) electrons. The molecule has 11 atom stereocenters. The number of hydrogen-bond donors (Lipinski definition) is 0. The molecule has 1 saturated heterocycles. The van der Waals surface area contributed by atoms with E-state index >= 15 is 0 Å². The number of morpholine rings is 1. The Morgan fingerprint density at radius 2 is 1.62 bits per heavy atom. The highest BCUT2D eigenvalue weighted by Crippen LogP contribution is 2.75. The van der Waals surface area contributed by atoms with E-state index in [1.807, 2.05) is 4.90 Å². The van der Waals surface area contributed by atoms with Crippen molar-refractivity contribution in [3.63, 3.8) is 0 Å². The number of esters is 1. The summed E-state index contributed by atoms with van der Waals surface area (Å²) in [6.45, 7) is 20.3. The van der Waals surface area contributed by atoms with Crippen LogP contribution in [-0.4, -0.2) is 55.0 Å². The second kappa shape index (κ2) is 9.91. The van der Waals surface area contributed by atoms with Crippen LogP contribution in [0.1, 0.15) is 107 Å². The van der Waals surface area contributed by atoms with Gasteiger partial charge < -0.3 is 14.4 Å². The average molecular weight is 582 g/mol. The Balaban J connectivity index is 1.44. The fraction of sp³-hybridized carbons (Fsp3) is 0.861. The second-order valence-corrected chi connectivity index (χ2v) is 16.6. The minimum Gasteiger partial charge on any atom is -0.461 e. The molecule has 5 fully saturated rings. The first kappa shape index (κ1) is 30.3. The largest absolute Gasteiger partial charge is 0.461 e. The predicted molar refractivity (Wildman–Crippen MR) is 162 cm³/mol. The first-order valence-electron chi connectivity index (χ1n) is 16.9. The highest BCUT2D eigenvalue weighted by atomic mass is 16.5. The van der Waals surface area contributed by atoms with Gasteiger partial charge in [0, 0.05) is 25.9 Å². The molecule has 1 amide bonds. The van der Waals surface area contributed by atoms with E-state index in [-0.39, 0.29) is 45.4 Å². The summed E-state index contributed by atoms with van der Waals surface area (Å²) in [6.07, 6.45) is 9.75.